The highest BCUT2D eigenvalue weighted by Gasteiger charge is 2.28. The van der Waals surface area contributed by atoms with Crippen molar-refractivity contribution in [2.45, 2.75) is 18.2 Å². The topological polar surface area (TPSA) is 85.4 Å². The average molecular weight is 411 g/mol. The maximum absolute atomic E-state index is 12.9. The van der Waals surface area contributed by atoms with E-state index in [0.717, 1.165) is 16.8 Å². The molecule has 2 heterocycles. The molecular formula is C21H21N3O4S. The van der Waals surface area contributed by atoms with Gasteiger partial charge >= 0.3 is 0 Å². The van der Waals surface area contributed by atoms with Crippen molar-refractivity contribution in [3.05, 3.63) is 76.0 Å². The van der Waals surface area contributed by atoms with Gasteiger partial charge in [0.25, 0.3) is 5.69 Å². The van der Waals surface area contributed by atoms with Gasteiger partial charge in [0, 0.05) is 54.4 Å². The molecule has 1 aromatic heterocycles. The smallest absolute Gasteiger partial charge is 0.269 e. The van der Waals surface area contributed by atoms with Crippen LogP contribution in [-0.2, 0) is 17.1 Å². The van der Waals surface area contributed by atoms with Crippen molar-refractivity contribution in [1.82, 2.24) is 8.87 Å². The fourth-order valence-electron chi connectivity index (χ4n) is 3.91. The Bertz CT molecular complexity index is 1240. The highest BCUT2D eigenvalue weighted by atomic mass is 32.2. The van der Waals surface area contributed by atoms with E-state index in [2.05, 4.69) is 23.6 Å². The number of rotatable bonds is 4. The number of sulfonamides is 1. The Kier molecular flexibility index (Phi) is 4.76. The van der Waals surface area contributed by atoms with Crippen LogP contribution in [0.25, 0.3) is 16.5 Å². The summed E-state index contributed by atoms with van der Waals surface area (Å²) in [6.07, 6.45) is 2.59. The number of hydrogen-bond acceptors (Lipinski definition) is 4. The Labute approximate surface area is 169 Å². The summed E-state index contributed by atoms with van der Waals surface area (Å²) in [5, 5.41) is 12.0. The van der Waals surface area contributed by atoms with Crippen molar-refractivity contribution in [2.24, 2.45) is 7.05 Å². The fourth-order valence-corrected chi connectivity index (χ4v) is 5.29. The van der Waals surface area contributed by atoms with E-state index in [1.165, 1.54) is 39.5 Å². The molecule has 8 heteroatoms. The van der Waals surface area contributed by atoms with E-state index >= 15 is 0 Å². The molecule has 1 aliphatic heterocycles. The van der Waals surface area contributed by atoms with Crippen LogP contribution in [0.4, 0.5) is 5.69 Å². The van der Waals surface area contributed by atoms with Crippen LogP contribution in [-0.4, -0.2) is 35.3 Å². The van der Waals surface area contributed by atoms with Gasteiger partial charge in [0.2, 0.25) is 10.0 Å². The zero-order valence-corrected chi connectivity index (χ0v) is 17.0. The number of benzene rings is 2. The van der Waals surface area contributed by atoms with Gasteiger partial charge in [-0.2, -0.15) is 4.31 Å². The molecule has 4 rings (SSSR count). The summed E-state index contributed by atoms with van der Waals surface area (Å²) in [6.45, 7) is 2.72. The van der Waals surface area contributed by atoms with Crippen molar-refractivity contribution >= 4 is 32.2 Å². The minimum absolute atomic E-state index is 0.0706. The Hall–Kier alpha value is -2.97. The number of aromatic nitrogens is 1. The van der Waals surface area contributed by atoms with E-state index in [1.807, 2.05) is 25.3 Å². The summed E-state index contributed by atoms with van der Waals surface area (Å²) >= 11 is 0. The van der Waals surface area contributed by atoms with Crippen LogP contribution in [0.5, 0.6) is 0 Å². The molecule has 0 amide bonds. The van der Waals surface area contributed by atoms with Crippen LogP contribution in [0.2, 0.25) is 0 Å². The van der Waals surface area contributed by atoms with Crippen LogP contribution in [0.15, 0.2) is 59.5 Å². The standard InChI is InChI=1S/C21H21N3O4S/c1-15-21(19-5-3-4-6-20(19)22(15)2)16-11-13-23(14-12-16)29(27,28)18-9-7-17(8-10-18)24(25)26/h3-11H,12-14H2,1-2H3. The van der Waals surface area contributed by atoms with Gasteiger partial charge in [-0.15, -0.1) is 0 Å². The van der Waals surface area contributed by atoms with Gasteiger partial charge in [-0.1, -0.05) is 24.3 Å². The Morgan fingerprint density at radius 1 is 1.07 bits per heavy atom. The number of nitro benzene ring substituents is 1. The van der Waals surface area contributed by atoms with Crippen LogP contribution in [0, 0.1) is 17.0 Å². The Morgan fingerprint density at radius 2 is 1.76 bits per heavy atom. The van der Waals surface area contributed by atoms with E-state index in [1.54, 1.807) is 0 Å². The van der Waals surface area contributed by atoms with E-state index in [-0.39, 0.29) is 17.1 Å². The highest BCUT2D eigenvalue weighted by molar-refractivity contribution is 7.89. The van der Waals surface area contributed by atoms with Gasteiger partial charge in [-0.25, -0.2) is 8.42 Å². The van der Waals surface area contributed by atoms with Gasteiger partial charge < -0.3 is 4.57 Å². The lowest BCUT2D eigenvalue weighted by Gasteiger charge is -2.26. The SMILES string of the molecule is Cc1c(C2=CCN(S(=O)(=O)c3ccc([N+](=O)[O-])cc3)CC2)c2ccccc2n1C. The molecule has 0 atom stereocenters. The van der Waals surface area contributed by atoms with Crippen molar-refractivity contribution < 1.29 is 13.3 Å². The summed E-state index contributed by atoms with van der Waals surface area (Å²) in [7, 11) is -1.66. The second-order valence-corrected chi connectivity index (χ2v) is 9.07. The Morgan fingerprint density at radius 3 is 2.38 bits per heavy atom. The van der Waals surface area contributed by atoms with Crippen molar-refractivity contribution in [1.29, 1.82) is 0 Å². The van der Waals surface area contributed by atoms with Gasteiger partial charge in [0.15, 0.2) is 0 Å². The fraction of sp³-hybridized carbons (Fsp3) is 0.238. The van der Waals surface area contributed by atoms with Crippen LogP contribution in [0.3, 0.4) is 0 Å². The van der Waals surface area contributed by atoms with Crippen LogP contribution >= 0.6 is 0 Å². The molecule has 29 heavy (non-hydrogen) atoms. The average Bonchev–Trinajstić information content (AvgIpc) is 2.99. The highest BCUT2D eigenvalue weighted by Crippen LogP contribution is 2.34. The number of para-hydroxylation sites is 1. The van der Waals surface area contributed by atoms with Gasteiger partial charge in [-0.3, -0.25) is 10.1 Å². The first-order chi connectivity index (χ1) is 13.8. The molecule has 0 N–H and O–H groups in total. The maximum Gasteiger partial charge on any atom is 0.269 e. The summed E-state index contributed by atoms with van der Waals surface area (Å²) in [5.74, 6) is 0. The molecule has 150 valence electrons. The monoisotopic (exact) mass is 411 g/mol. The number of non-ortho nitro benzene ring substituents is 1. The maximum atomic E-state index is 12.9. The Balaban J connectivity index is 1.63. The van der Waals surface area contributed by atoms with Gasteiger partial charge in [-0.05, 0) is 37.1 Å². The molecule has 0 spiro atoms. The minimum Gasteiger partial charge on any atom is -0.347 e. The van der Waals surface area contributed by atoms with Gasteiger partial charge in [0.05, 0.1) is 9.82 Å². The second-order valence-electron chi connectivity index (χ2n) is 7.13. The zero-order chi connectivity index (χ0) is 20.8. The molecule has 7 nitrogen and oxygen atoms in total. The van der Waals surface area contributed by atoms with E-state index < -0.39 is 14.9 Å². The minimum atomic E-state index is -3.70. The third-order valence-corrected chi connectivity index (χ3v) is 7.46. The number of hydrogen-bond donors (Lipinski definition) is 0. The lowest BCUT2D eigenvalue weighted by molar-refractivity contribution is -0.384. The molecule has 3 aromatic rings. The molecule has 0 fully saturated rings. The summed E-state index contributed by atoms with van der Waals surface area (Å²) in [5.41, 5.74) is 4.51. The quantitative estimate of drug-likeness (QED) is 0.482. The first kappa shape index (κ1) is 19.4. The predicted molar refractivity (Wildman–Crippen MR) is 112 cm³/mol. The lowest BCUT2D eigenvalue weighted by atomic mass is 9.97. The van der Waals surface area contributed by atoms with E-state index in [4.69, 9.17) is 0 Å². The number of aryl methyl sites for hydroxylation is 1. The van der Waals surface area contributed by atoms with Crippen molar-refractivity contribution in [2.75, 3.05) is 13.1 Å². The van der Waals surface area contributed by atoms with E-state index in [0.29, 0.717) is 13.0 Å². The van der Waals surface area contributed by atoms with Crippen molar-refractivity contribution in [3.8, 4) is 0 Å². The van der Waals surface area contributed by atoms with Gasteiger partial charge in [0.1, 0.15) is 0 Å². The molecular weight excluding hydrogens is 390 g/mol. The third kappa shape index (κ3) is 3.24. The first-order valence-electron chi connectivity index (χ1n) is 9.28. The molecule has 0 unspecified atom stereocenters. The summed E-state index contributed by atoms with van der Waals surface area (Å²) < 4.78 is 29.4. The molecule has 0 saturated heterocycles. The van der Waals surface area contributed by atoms with Crippen molar-refractivity contribution in [3.63, 3.8) is 0 Å². The van der Waals surface area contributed by atoms with Crippen LogP contribution < -0.4 is 0 Å². The zero-order valence-electron chi connectivity index (χ0n) is 16.2. The largest absolute Gasteiger partial charge is 0.347 e. The number of nitro groups is 1. The first-order valence-corrected chi connectivity index (χ1v) is 10.7. The number of fused-ring (bicyclic) bond motifs is 1. The lowest BCUT2D eigenvalue weighted by Crippen LogP contribution is -2.34. The summed E-state index contributed by atoms with van der Waals surface area (Å²) in [4.78, 5) is 10.3. The molecule has 0 bridgehead atoms. The predicted octanol–water partition coefficient (Wildman–Crippen LogP) is 3.87. The van der Waals surface area contributed by atoms with Crippen LogP contribution in [0.1, 0.15) is 17.7 Å². The third-order valence-electron chi connectivity index (χ3n) is 5.58. The second kappa shape index (κ2) is 7.13. The molecule has 0 saturated carbocycles. The molecule has 1 aliphatic rings. The molecule has 0 radical (unpaired) electrons. The molecule has 2 aromatic carbocycles. The molecule has 0 aliphatic carbocycles. The van der Waals surface area contributed by atoms with E-state index in [9.17, 15) is 18.5 Å². The number of nitrogens with zero attached hydrogens (tertiary/aromatic N) is 3. The normalized spacial score (nSPS) is 15.4. The summed E-state index contributed by atoms with van der Waals surface area (Å²) in [6, 6.07) is 13.2.